The lowest BCUT2D eigenvalue weighted by Crippen LogP contribution is -2.10. The third kappa shape index (κ3) is 2.59. The van der Waals surface area contributed by atoms with Crippen LogP contribution in [0.4, 0.5) is 0 Å². The molecule has 1 atom stereocenters. The van der Waals surface area contributed by atoms with Crippen LogP contribution in [0.2, 0.25) is 0 Å². The van der Waals surface area contributed by atoms with E-state index in [9.17, 15) is 5.11 Å². The van der Waals surface area contributed by atoms with Crippen LogP contribution in [-0.4, -0.2) is 24.9 Å². The van der Waals surface area contributed by atoms with E-state index in [0.717, 1.165) is 22.4 Å². The maximum absolute atomic E-state index is 10.2. The lowest BCUT2D eigenvalue weighted by molar-refractivity contribution is 0.170. The van der Waals surface area contributed by atoms with Crippen molar-refractivity contribution in [1.29, 1.82) is 0 Å². The van der Waals surface area contributed by atoms with Gasteiger partial charge in [0, 0.05) is 25.4 Å². The van der Waals surface area contributed by atoms with Crippen molar-refractivity contribution in [1.82, 2.24) is 19.7 Å². The molecule has 6 heteroatoms. The Morgan fingerprint density at radius 2 is 2.22 bits per heavy atom. The van der Waals surface area contributed by atoms with E-state index in [1.54, 1.807) is 18.6 Å². The lowest BCUT2D eigenvalue weighted by atomic mass is 10.1. The largest absolute Gasteiger partial charge is 0.386 e. The first kappa shape index (κ1) is 13.2. The van der Waals surface area contributed by atoms with Gasteiger partial charge in [0.15, 0.2) is 0 Å². The molecular weight excluding hydrogens is 296 g/mol. The number of aliphatic hydroxyl groups is 1. The predicted octanol–water partition coefficient (Wildman–Crippen LogP) is 2.04. The van der Waals surface area contributed by atoms with Crippen molar-refractivity contribution in [2.45, 2.75) is 32.9 Å². The van der Waals surface area contributed by atoms with Crippen LogP contribution in [0.15, 0.2) is 23.1 Å². The lowest BCUT2D eigenvalue weighted by Gasteiger charge is -2.11. The van der Waals surface area contributed by atoms with Gasteiger partial charge in [-0.15, -0.1) is 0 Å². The number of aromatic nitrogens is 4. The molecule has 18 heavy (non-hydrogen) atoms. The van der Waals surface area contributed by atoms with Gasteiger partial charge in [0.05, 0.1) is 27.8 Å². The standard InChI is InChI=1S/C12H15BrN4O/c1-3-17-10(12(13)8(2)16-17)6-11(18)9-7-14-4-5-15-9/h4-5,7,11,18H,3,6H2,1-2H3. The number of nitrogens with zero attached hydrogens (tertiary/aromatic N) is 4. The summed E-state index contributed by atoms with van der Waals surface area (Å²) in [5.41, 5.74) is 2.48. The van der Waals surface area contributed by atoms with E-state index in [2.05, 4.69) is 31.0 Å². The van der Waals surface area contributed by atoms with E-state index >= 15 is 0 Å². The van der Waals surface area contributed by atoms with Gasteiger partial charge in [-0.05, 0) is 29.8 Å². The number of hydrogen-bond acceptors (Lipinski definition) is 4. The van der Waals surface area contributed by atoms with Crippen molar-refractivity contribution < 1.29 is 5.11 Å². The van der Waals surface area contributed by atoms with Crippen LogP contribution in [0.3, 0.4) is 0 Å². The Bertz CT molecular complexity index is 526. The number of aliphatic hydroxyl groups excluding tert-OH is 1. The van der Waals surface area contributed by atoms with Crippen molar-refractivity contribution >= 4 is 15.9 Å². The molecule has 0 aliphatic heterocycles. The van der Waals surface area contributed by atoms with E-state index in [0.29, 0.717) is 12.1 Å². The Morgan fingerprint density at radius 3 is 2.83 bits per heavy atom. The minimum atomic E-state index is -0.670. The Labute approximate surface area is 114 Å². The molecule has 0 saturated heterocycles. The zero-order valence-corrected chi connectivity index (χ0v) is 11.9. The first-order valence-electron chi connectivity index (χ1n) is 5.79. The van der Waals surface area contributed by atoms with Crippen LogP contribution in [-0.2, 0) is 13.0 Å². The van der Waals surface area contributed by atoms with E-state index in [4.69, 9.17) is 0 Å². The normalized spacial score (nSPS) is 12.7. The SMILES string of the molecule is CCn1nc(C)c(Br)c1CC(O)c1cnccn1. The fourth-order valence-corrected chi connectivity index (χ4v) is 2.28. The van der Waals surface area contributed by atoms with Gasteiger partial charge in [0.1, 0.15) is 6.10 Å². The smallest absolute Gasteiger partial charge is 0.103 e. The average Bonchev–Trinajstić information content (AvgIpc) is 2.67. The summed E-state index contributed by atoms with van der Waals surface area (Å²) in [6.07, 6.45) is 4.55. The van der Waals surface area contributed by atoms with Gasteiger partial charge < -0.3 is 5.11 Å². The molecule has 96 valence electrons. The summed E-state index contributed by atoms with van der Waals surface area (Å²) in [6, 6.07) is 0. The number of rotatable bonds is 4. The first-order chi connectivity index (χ1) is 8.63. The topological polar surface area (TPSA) is 63.8 Å². The van der Waals surface area contributed by atoms with Crippen LogP contribution in [0.25, 0.3) is 0 Å². The fourth-order valence-electron chi connectivity index (χ4n) is 1.83. The molecule has 0 fully saturated rings. The average molecular weight is 311 g/mol. The summed E-state index contributed by atoms with van der Waals surface area (Å²) < 4.78 is 2.84. The van der Waals surface area contributed by atoms with Gasteiger partial charge in [0.25, 0.3) is 0 Å². The summed E-state index contributed by atoms with van der Waals surface area (Å²) in [5.74, 6) is 0. The minimum Gasteiger partial charge on any atom is -0.386 e. The van der Waals surface area contributed by atoms with Crippen LogP contribution in [0.5, 0.6) is 0 Å². The van der Waals surface area contributed by atoms with E-state index in [1.807, 2.05) is 18.5 Å². The van der Waals surface area contributed by atoms with Crippen molar-refractivity contribution in [2.75, 3.05) is 0 Å². The van der Waals surface area contributed by atoms with Gasteiger partial charge >= 0.3 is 0 Å². The van der Waals surface area contributed by atoms with Gasteiger partial charge in [0.2, 0.25) is 0 Å². The van der Waals surface area contributed by atoms with Crippen LogP contribution in [0, 0.1) is 6.92 Å². The Morgan fingerprint density at radius 1 is 1.44 bits per heavy atom. The van der Waals surface area contributed by atoms with E-state index in [-0.39, 0.29) is 0 Å². The molecule has 0 aromatic carbocycles. The van der Waals surface area contributed by atoms with Crippen molar-refractivity contribution in [3.8, 4) is 0 Å². The molecular formula is C12H15BrN4O. The summed E-state index contributed by atoms with van der Waals surface area (Å²) in [5, 5.41) is 14.6. The summed E-state index contributed by atoms with van der Waals surface area (Å²) in [7, 11) is 0. The maximum atomic E-state index is 10.2. The zero-order chi connectivity index (χ0) is 13.1. The molecule has 1 N–H and O–H groups in total. The molecule has 2 rings (SSSR count). The minimum absolute atomic E-state index is 0.466. The highest BCUT2D eigenvalue weighted by molar-refractivity contribution is 9.10. The Balaban J connectivity index is 2.24. The molecule has 2 aromatic heterocycles. The third-order valence-electron chi connectivity index (χ3n) is 2.76. The van der Waals surface area contributed by atoms with Gasteiger partial charge in [-0.1, -0.05) is 0 Å². The predicted molar refractivity (Wildman–Crippen MR) is 71.0 cm³/mol. The Hall–Kier alpha value is -1.27. The quantitative estimate of drug-likeness (QED) is 0.938. The fraction of sp³-hybridized carbons (Fsp3) is 0.417. The number of halogens is 1. The molecule has 0 amide bonds. The molecule has 0 bridgehead atoms. The van der Waals surface area contributed by atoms with Crippen molar-refractivity contribution in [3.05, 3.63) is 40.1 Å². The third-order valence-corrected chi connectivity index (χ3v) is 3.80. The number of aryl methyl sites for hydroxylation is 2. The molecule has 2 heterocycles. The molecule has 5 nitrogen and oxygen atoms in total. The molecule has 1 unspecified atom stereocenters. The monoisotopic (exact) mass is 310 g/mol. The molecule has 0 radical (unpaired) electrons. The van der Waals surface area contributed by atoms with Gasteiger partial charge in [-0.2, -0.15) is 5.10 Å². The van der Waals surface area contributed by atoms with E-state index in [1.165, 1.54) is 0 Å². The summed E-state index contributed by atoms with van der Waals surface area (Å²) in [6.45, 7) is 4.74. The molecule has 0 aliphatic carbocycles. The maximum Gasteiger partial charge on any atom is 0.103 e. The van der Waals surface area contributed by atoms with Crippen molar-refractivity contribution in [3.63, 3.8) is 0 Å². The van der Waals surface area contributed by atoms with Gasteiger partial charge in [-0.25, -0.2) is 0 Å². The van der Waals surface area contributed by atoms with Crippen LogP contribution in [0.1, 0.15) is 30.1 Å². The second-order valence-electron chi connectivity index (χ2n) is 4.01. The second kappa shape index (κ2) is 5.58. The molecule has 2 aromatic rings. The molecule has 0 saturated carbocycles. The van der Waals surface area contributed by atoms with Crippen molar-refractivity contribution in [2.24, 2.45) is 0 Å². The molecule has 0 spiro atoms. The second-order valence-corrected chi connectivity index (χ2v) is 4.81. The highest BCUT2D eigenvalue weighted by Crippen LogP contribution is 2.25. The highest BCUT2D eigenvalue weighted by Gasteiger charge is 2.18. The van der Waals surface area contributed by atoms with Crippen LogP contribution < -0.4 is 0 Å². The zero-order valence-electron chi connectivity index (χ0n) is 10.3. The summed E-state index contributed by atoms with van der Waals surface area (Å²) >= 11 is 3.51. The number of hydrogen-bond donors (Lipinski definition) is 1. The molecule has 0 aliphatic rings. The van der Waals surface area contributed by atoms with Gasteiger partial charge in [-0.3, -0.25) is 14.6 Å². The van der Waals surface area contributed by atoms with Crippen LogP contribution >= 0.6 is 15.9 Å². The summed E-state index contributed by atoms with van der Waals surface area (Å²) in [4.78, 5) is 8.07. The van der Waals surface area contributed by atoms with E-state index < -0.39 is 6.10 Å². The Kier molecular flexibility index (Phi) is 4.08. The first-order valence-corrected chi connectivity index (χ1v) is 6.58. The highest BCUT2D eigenvalue weighted by atomic mass is 79.9.